The van der Waals surface area contributed by atoms with E-state index in [0.29, 0.717) is 11.7 Å². The second kappa shape index (κ2) is 4.93. The molecule has 0 fully saturated rings. The van der Waals surface area contributed by atoms with Gasteiger partial charge in [-0.1, -0.05) is 23.7 Å². The van der Waals surface area contributed by atoms with Crippen LogP contribution in [-0.4, -0.2) is 22.2 Å². The molecule has 0 bridgehead atoms. The Balaban J connectivity index is 1.95. The van der Waals surface area contributed by atoms with Crippen LogP contribution in [0.5, 0.6) is 0 Å². The van der Waals surface area contributed by atoms with Crippen molar-refractivity contribution in [2.24, 2.45) is 5.10 Å². The second-order valence-electron chi connectivity index (χ2n) is 4.18. The van der Waals surface area contributed by atoms with Gasteiger partial charge in [-0.3, -0.25) is 0 Å². The lowest BCUT2D eigenvalue weighted by Crippen LogP contribution is -2.16. The van der Waals surface area contributed by atoms with Gasteiger partial charge in [-0.15, -0.1) is 0 Å². The molecular weight excluding hydrogens is 267 g/mol. The summed E-state index contributed by atoms with van der Waals surface area (Å²) < 4.78 is 13.0. The number of aromatic nitrogens is 2. The fraction of sp³-hybridized carbons (Fsp3) is 0.154. The van der Waals surface area contributed by atoms with Gasteiger partial charge in [0.25, 0.3) is 0 Å². The van der Waals surface area contributed by atoms with Crippen molar-refractivity contribution in [2.75, 3.05) is 6.54 Å². The van der Waals surface area contributed by atoms with Gasteiger partial charge in [-0.05, 0) is 23.8 Å². The molecule has 1 N–H and O–H groups in total. The molecule has 2 aromatic rings. The van der Waals surface area contributed by atoms with Crippen molar-refractivity contribution in [3.63, 3.8) is 0 Å². The third-order valence-corrected chi connectivity index (χ3v) is 3.18. The standard InChI is InChI=1S/C13H10ClFN4/c14-12-5-11(16-7-17-12)10-6-18-19-13(10)8-1-3-9(15)4-2-8/h1-5,7,10,18H,6H2. The number of benzene rings is 1. The van der Waals surface area contributed by atoms with E-state index in [0.717, 1.165) is 17.0 Å². The highest BCUT2D eigenvalue weighted by Crippen LogP contribution is 2.24. The molecule has 0 saturated carbocycles. The predicted octanol–water partition coefficient (Wildman–Crippen LogP) is 2.36. The molecule has 1 unspecified atom stereocenters. The van der Waals surface area contributed by atoms with Gasteiger partial charge in [-0.2, -0.15) is 5.10 Å². The maximum Gasteiger partial charge on any atom is 0.132 e. The normalized spacial score (nSPS) is 18.0. The summed E-state index contributed by atoms with van der Waals surface area (Å²) in [7, 11) is 0. The van der Waals surface area contributed by atoms with Gasteiger partial charge in [0.2, 0.25) is 0 Å². The summed E-state index contributed by atoms with van der Waals surface area (Å²) in [6.45, 7) is 0.639. The van der Waals surface area contributed by atoms with Crippen LogP contribution in [0.1, 0.15) is 17.2 Å². The first-order valence-corrected chi connectivity index (χ1v) is 6.15. The van der Waals surface area contributed by atoms with E-state index in [1.165, 1.54) is 18.5 Å². The number of nitrogens with zero attached hydrogens (tertiary/aromatic N) is 3. The Morgan fingerprint density at radius 1 is 1.21 bits per heavy atom. The smallest absolute Gasteiger partial charge is 0.132 e. The molecule has 1 aliphatic rings. The van der Waals surface area contributed by atoms with Crippen molar-refractivity contribution in [1.82, 2.24) is 15.4 Å². The monoisotopic (exact) mass is 276 g/mol. The predicted molar refractivity (Wildman–Crippen MR) is 70.7 cm³/mol. The summed E-state index contributed by atoms with van der Waals surface area (Å²) >= 11 is 5.88. The molecule has 96 valence electrons. The molecule has 1 atom stereocenters. The Morgan fingerprint density at radius 3 is 2.74 bits per heavy atom. The number of nitrogens with one attached hydrogen (secondary N) is 1. The van der Waals surface area contributed by atoms with Crippen LogP contribution in [-0.2, 0) is 0 Å². The molecule has 1 aliphatic heterocycles. The van der Waals surface area contributed by atoms with Crippen LogP contribution in [0.4, 0.5) is 4.39 Å². The molecule has 2 heterocycles. The number of hydrogen-bond donors (Lipinski definition) is 1. The summed E-state index contributed by atoms with van der Waals surface area (Å²) in [5.41, 5.74) is 5.44. The number of hydrazone groups is 1. The van der Waals surface area contributed by atoms with E-state index < -0.39 is 0 Å². The Kier molecular flexibility index (Phi) is 3.13. The Bertz CT molecular complexity index is 627. The first kappa shape index (κ1) is 12.0. The van der Waals surface area contributed by atoms with E-state index in [9.17, 15) is 4.39 Å². The van der Waals surface area contributed by atoms with Crippen LogP contribution < -0.4 is 5.43 Å². The third kappa shape index (κ3) is 2.42. The molecule has 1 aromatic heterocycles. The summed E-state index contributed by atoms with van der Waals surface area (Å²) in [4.78, 5) is 8.09. The number of rotatable bonds is 2. The van der Waals surface area contributed by atoms with Gasteiger partial charge in [0.15, 0.2) is 0 Å². The largest absolute Gasteiger partial charge is 0.309 e. The highest BCUT2D eigenvalue weighted by Gasteiger charge is 2.26. The van der Waals surface area contributed by atoms with Crippen molar-refractivity contribution in [3.05, 3.63) is 58.9 Å². The lowest BCUT2D eigenvalue weighted by Gasteiger charge is -2.11. The van der Waals surface area contributed by atoms with Crippen molar-refractivity contribution >= 4 is 17.3 Å². The van der Waals surface area contributed by atoms with Crippen molar-refractivity contribution in [2.45, 2.75) is 5.92 Å². The molecule has 3 rings (SSSR count). The van der Waals surface area contributed by atoms with E-state index in [-0.39, 0.29) is 11.7 Å². The van der Waals surface area contributed by atoms with E-state index in [2.05, 4.69) is 20.5 Å². The first-order valence-electron chi connectivity index (χ1n) is 5.78. The zero-order valence-corrected chi connectivity index (χ0v) is 10.6. The van der Waals surface area contributed by atoms with Crippen LogP contribution in [0.15, 0.2) is 41.8 Å². The fourth-order valence-electron chi connectivity index (χ4n) is 2.07. The van der Waals surface area contributed by atoms with E-state index >= 15 is 0 Å². The average Bonchev–Trinajstić information content (AvgIpc) is 2.89. The molecule has 6 heteroatoms. The van der Waals surface area contributed by atoms with Crippen molar-refractivity contribution in [1.29, 1.82) is 0 Å². The maximum atomic E-state index is 13.0. The van der Waals surface area contributed by atoms with Crippen LogP contribution in [0.3, 0.4) is 0 Å². The summed E-state index contributed by atoms with van der Waals surface area (Å²) in [6.07, 6.45) is 1.43. The molecule has 0 saturated heterocycles. The Morgan fingerprint density at radius 2 is 2.00 bits per heavy atom. The average molecular weight is 277 g/mol. The highest BCUT2D eigenvalue weighted by molar-refractivity contribution is 6.29. The van der Waals surface area contributed by atoms with Crippen LogP contribution in [0.2, 0.25) is 5.15 Å². The van der Waals surface area contributed by atoms with E-state index in [1.54, 1.807) is 18.2 Å². The van der Waals surface area contributed by atoms with Gasteiger partial charge in [0.05, 0.1) is 17.3 Å². The molecule has 19 heavy (non-hydrogen) atoms. The zero-order chi connectivity index (χ0) is 13.2. The van der Waals surface area contributed by atoms with Gasteiger partial charge < -0.3 is 5.43 Å². The topological polar surface area (TPSA) is 50.2 Å². The summed E-state index contributed by atoms with van der Waals surface area (Å²) in [5, 5.41) is 4.66. The minimum absolute atomic E-state index is 0.00837. The van der Waals surface area contributed by atoms with Crippen LogP contribution >= 0.6 is 11.6 Å². The minimum Gasteiger partial charge on any atom is -0.309 e. The molecule has 4 nitrogen and oxygen atoms in total. The fourth-order valence-corrected chi connectivity index (χ4v) is 2.22. The molecule has 0 radical (unpaired) electrons. The SMILES string of the molecule is Fc1ccc(C2=NNCC2c2cc(Cl)ncn2)cc1. The quantitative estimate of drug-likeness (QED) is 0.857. The lowest BCUT2D eigenvalue weighted by molar-refractivity contribution is 0.627. The van der Waals surface area contributed by atoms with Crippen LogP contribution in [0.25, 0.3) is 0 Å². The maximum absolute atomic E-state index is 13.0. The molecule has 0 spiro atoms. The van der Waals surface area contributed by atoms with Gasteiger partial charge >= 0.3 is 0 Å². The molecular formula is C13H10ClFN4. The van der Waals surface area contributed by atoms with Gasteiger partial charge in [-0.25, -0.2) is 14.4 Å². The second-order valence-corrected chi connectivity index (χ2v) is 4.57. The van der Waals surface area contributed by atoms with Crippen molar-refractivity contribution in [3.8, 4) is 0 Å². The lowest BCUT2D eigenvalue weighted by atomic mass is 9.94. The number of halogens is 2. The first-order chi connectivity index (χ1) is 9.24. The third-order valence-electron chi connectivity index (χ3n) is 2.98. The van der Waals surface area contributed by atoms with Crippen molar-refractivity contribution < 1.29 is 4.39 Å². The zero-order valence-electron chi connectivity index (χ0n) is 9.85. The Labute approximate surface area is 114 Å². The minimum atomic E-state index is -0.267. The molecule has 1 aromatic carbocycles. The number of hydrogen-bond acceptors (Lipinski definition) is 4. The molecule has 0 aliphatic carbocycles. The van der Waals surface area contributed by atoms with E-state index in [1.807, 2.05) is 0 Å². The molecule has 0 amide bonds. The summed E-state index contributed by atoms with van der Waals surface area (Å²) in [6, 6.07) is 7.96. The van der Waals surface area contributed by atoms with Gasteiger partial charge in [0.1, 0.15) is 17.3 Å². The Hall–Kier alpha value is -2.01. The van der Waals surface area contributed by atoms with E-state index in [4.69, 9.17) is 11.6 Å². The van der Waals surface area contributed by atoms with Crippen LogP contribution in [0, 0.1) is 5.82 Å². The summed E-state index contributed by atoms with van der Waals surface area (Å²) in [5.74, 6) is -0.275. The highest BCUT2D eigenvalue weighted by atomic mass is 35.5. The van der Waals surface area contributed by atoms with Gasteiger partial charge in [0, 0.05) is 6.54 Å².